The quantitative estimate of drug-likeness (QED) is 0.479. The zero-order chi connectivity index (χ0) is 15.3. The summed E-state index contributed by atoms with van der Waals surface area (Å²) in [5.41, 5.74) is -0.531. The number of rotatable bonds is 2. The Morgan fingerprint density at radius 3 is 2.24 bits per heavy atom. The second-order valence-electron chi connectivity index (χ2n) is 6.38. The molecule has 0 unspecified atom stereocenters. The number of carbonyl (C=O) groups is 2. The number of carbonyl (C=O) groups excluding carboxylic acids is 2. The normalized spacial score (nSPS) is 23.7. The molecule has 5 heteroatoms. The monoisotopic (exact) mass is 302 g/mol. The van der Waals surface area contributed by atoms with Gasteiger partial charge in [-0.3, -0.25) is 9.59 Å². The Hall–Kier alpha value is -1.56. The molecule has 1 heterocycles. The first kappa shape index (κ1) is 14.4. The molecule has 2 aliphatic rings. The van der Waals surface area contributed by atoms with E-state index in [9.17, 15) is 9.59 Å². The van der Waals surface area contributed by atoms with Crippen molar-refractivity contribution in [2.75, 3.05) is 0 Å². The van der Waals surface area contributed by atoms with Gasteiger partial charge in [-0.15, -0.1) is 0 Å². The van der Waals surface area contributed by atoms with Crippen LogP contribution in [0.2, 0.25) is 19.6 Å². The van der Waals surface area contributed by atoms with Gasteiger partial charge in [-0.1, -0.05) is 30.3 Å². The van der Waals surface area contributed by atoms with E-state index in [2.05, 4.69) is 0 Å². The van der Waals surface area contributed by atoms with Crippen molar-refractivity contribution in [1.29, 1.82) is 0 Å². The summed E-state index contributed by atoms with van der Waals surface area (Å²) in [5, 5.41) is 0. The first-order chi connectivity index (χ1) is 9.83. The van der Waals surface area contributed by atoms with Gasteiger partial charge in [0.05, 0.1) is 0 Å². The number of hydrogen-bond acceptors (Lipinski definition) is 4. The summed E-state index contributed by atoms with van der Waals surface area (Å²) >= 11 is 0. The standard InChI is InChI=1S/C16H18O4Si/c1-21(2,3)20-13-9-6-10-16(19-13)14(17)11-7-4-5-8-12(11)15(16)18/h4-9,13H,10H2,1-3H3/t13-/m0/s1. The summed E-state index contributed by atoms with van der Waals surface area (Å²) in [7, 11) is -1.83. The summed E-state index contributed by atoms with van der Waals surface area (Å²) in [6.07, 6.45) is 3.24. The molecule has 0 amide bonds. The van der Waals surface area contributed by atoms with Gasteiger partial charge in [0.2, 0.25) is 11.6 Å². The van der Waals surface area contributed by atoms with Gasteiger partial charge < -0.3 is 9.16 Å². The lowest BCUT2D eigenvalue weighted by molar-refractivity contribution is -0.118. The van der Waals surface area contributed by atoms with Gasteiger partial charge in [-0.25, -0.2) is 0 Å². The molecule has 0 saturated carbocycles. The summed E-state index contributed by atoms with van der Waals surface area (Å²) in [4.78, 5) is 25.3. The van der Waals surface area contributed by atoms with E-state index >= 15 is 0 Å². The van der Waals surface area contributed by atoms with E-state index in [0.717, 1.165) is 0 Å². The molecule has 3 rings (SSSR count). The van der Waals surface area contributed by atoms with Gasteiger partial charge in [0.25, 0.3) is 0 Å². The molecule has 110 valence electrons. The lowest BCUT2D eigenvalue weighted by Gasteiger charge is -2.35. The molecule has 0 saturated heterocycles. The molecule has 1 aromatic carbocycles. The predicted octanol–water partition coefficient (Wildman–Crippen LogP) is 2.96. The second-order valence-corrected chi connectivity index (χ2v) is 10.8. The van der Waals surface area contributed by atoms with Gasteiger partial charge >= 0.3 is 0 Å². The van der Waals surface area contributed by atoms with Gasteiger partial charge in [0.15, 0.2) is 20.2 Å². The lowest BCUT2D eigenvalue weighted by Crippen LogP contribution is -2.50. The molecule has 0 bridgehead atoms. The molecule has 0 radical (unpaired) electrons. The van der Waals surface area contributed by atoms with Crippen molar-refractivity contribution in [3.63, 3.8) is 0 Å². The molecule has 1 atom stereocenters. The van der Waals surface area contributed by atoms with Gasteiger partial charge in [-0.2, -0.15) is 0 Å². The highest BCUT2D eigenvalue weighted by molar-refractivity contribution is 6.69. The van der Waals surface area contributed by atoms with E-state index in [4.69, 9.17) is 9.16 Å². The van der Waals surface area contributed by atoms with E-state index in [-0.39, 0.29) is 18.0 Å². The third kappa shape index (κ3) is 2.31. The summed E-state index contributed by atoms with van der Waals surface area (Å²) in [5.74, 6) is -0.506. The van der Waals surface area contributed by atoms with Crippen molar-refractivity contribution in [1.82, 2.24) is 0 Å². The van der Waals surface area contributed by atoms with Crippen molar-refractivity contribution >= 4 is 19.9 Å². The minimum absolute atomic E-state index is 0.253. The first-order valence-electron chi connectivity index (χ1n) is 7.04. The van der Waals surface area contributed by atoms with Crippen LogP contribution in [0, 0.1) is 0 Å². The molecule has 21 heavy (non-hydrogen) atoms. The zero-order valence-electron chi connectivity index (χ0n) is 12.4. The lowest BCUT2D eigenvalue weighted by atomic mass is 9.91. The molecular weight excluding hydrogens is 284 g/mol. The van der Waals surface area contributed by atoms with Crippen molar-refractivity contribution < 1.29 is 18.8 Å². The zero-order valence-corrected chi connectivity index (χ0v) is 13.4. The van der Waals surface area contributed by atoms with E-state index in [1.165, 1.54) is 0 Å². The van der Waals surface area contributed by atoms with E-state index < -0.39 is 20.2 Å². The maximum atomic E-state index is 12.7. The third-order valence-electron chi connectivity index (χ3n) is 3.64. The minimum Gasteiger partial charge on any atom is -0.390 e. The highest BCUT2D eigenvalue weighted by Gasteiger charge is 2.55. The molecule has 0 aromatic heterocycles. The fourth-order valence-electron chi connectivity index (χ4n) is 2.75. The predicted molar refractivity (Wildman–Crippen MR) is 80.9 cm³/mol. The van der Waals surface area contributed by atoms with Crippen LogP contribution in [0.25, 0.3) is 0 Å². The Morgan fingerprint density at radius 1 is 1.14 bits per heavy atom. The molecule has 4 nitrogen and oxygen atoms in total. The third-order valence-corrected chi connectivity index (χ3v) is 4.57. The molecule has 0 N–H and O–H groups in total. The van der Waals surface area contributed by atoms with Crippen LogP contribution < -0.4 is 0 Å². The van der Waals surface area contributed by atoms with Crippen molar-refractivity contribution in [2.24, 2.45) is 0 Å². The van der Waals surface area contributed by atoms with Crippen molar-refractivity contribution in [3.8, 4) is 0 Å². The van der Waals surface area contributed by atoms with E-state index in [1.54, 1.807) is 30.3 Å². The van der Waals surface area contributed by atoms with Crippen LogP contribution in [0.1, 0.15) is 27.1 Å². The van der Waals surface area contributed by atoms with Crippen molar-refractivity contribution in [3.05, 3.63) is 47.5 Å². The molecule has 1 spiro atoms. The molecule has 0 fully saturated rings. The highest BCUT2D eigenvalue weighted by atomic mass is 28.4. The average Bonchev–Trinajstić information content (AvgIpc) is 2.61. The van der Waals surface area contributed by atoms with Crippen LogP contribution >= 0.6 is 0 Å². The molecule has 1 aliphatic carbocycles. The fraction of sp³-hybridized carbons (Fsp3) is 0.375. The number of ether oxygens (including phenoxy) is 1. The summed E-state index contributed by atoms with van der Waals surface area (Å²) in [6, 6.07) is 6.89. The smallest absolute Gasteiger partial charge is 0.203 e. The SMILES string of the molecule is C[Si](C)(C)O[C@H]1C=CCC2(O1)C(=O)c1ccccc1C2=O. The van der Waals surface area contributed by atoms with E-state index in [0.29, 0.717) is 11.1 Å². The van der Waals surface area contributed by atoms with Crippen LogP contribution in [0.15, 0.2) is 36.4 Å². The average molecular weight is 302 g/mol. The summed E-state index contributed by atoms with van der Waals surface area (Å²) in [6.45, 7) is 6.12. The Kier molecular flexibility index (Phi) is 3.24. The van der Waals surface area contributed by atoms with Crippen LogP contribution in [-0.2, 0) is 9.16 Å². The Balaban J connectivity index is 1.95. The van der Waals surface area contributed by atoms with Crippen LogP contribution in [-0.4, -0.2) is 31.8 Å². The van der Waals surface area contributed by atoms with Gasteiger partial charge in [-0.05, 0) is 25.7 Å². The largest absolute Gasteiger partial charge is 0.390 e. The van der Waals surface area contributed by atoms with Crippen LogP contribution in [0.5, 0.6) is 0 Å². The maximum absolute atomic E-state index is 12.7. The molecular formula is C16H18O4Si. The Bertz CT molecular complexity index is 607. The Labute approximate surface area is 124 Å². The fourth-order valence-corrected chi connectivity index (χ4v) is 3.58. The number of Topliss-reactive ketones (excluding diaryl/α,β-unsaturated/α-hetero) is 2. The van der Waals surface area contributed by atoms with Gasteiger partial charge in [0.1, 0.15) is 0 Å². The topological polar surface area (TPSA) is 52.6 Å². The Morgan fingerprint density at radius 2 is 1.71 bits per heavy atom. The number of hydrogen-bond donors (Lipinski definition) is 0. The molecule has 1 aliphatic heterocycles. The number of fused-ring (bicyclic) bond motifs is 1. The van der Waals surface area contributed by atoms with E-state index in [1.807, 2.05) is 25.7 Å². The number of benzene rings is 1. The molecule has 1 aromatic rings. The maximum Gasteiger partial charge on any atom is 0.203 e. The first-order valence-corrected chi connectivity index (χ1v) is 10.5. The second kappa shape index (κ2) is 4.73. The van der Waals surface area contributed by atoms with Crippen LogP contribution in [0.4, 0.5) is 0 Å². The van der Waals surface area contributed by atoms with Crippen LogP contribution in [0.3, 0.4) is 0 Å². The number of ketones is 2. The van der Waals surface area contributed by atoms with Gasteiger partial charge in [0, 0.05) is 17.5 Å². The van der Waals surface area contributed by atoms with Crippen molar-refractivity contribution in [2.45, 2.75) is 38.0 Å². The highest BCUT2D eigenvalue weighted by Crippen LogP contribution is 2.39. The minimum atomic E-state index is -1.83. The summed E-state index contributed by atoms with van der Waals surface area (Å²) < 4.78 is 11.7.